The van der Waals surface area contributed by atoms with Crippen molar-refractivity contribution in [2.45, 2.75) is 6.92 Å². The van der Waals surface area contributed by atoms with Crippen molar-refractivity contribution in [2.75, 3.05) is 26.8 Å². The van der Waals surface area contributed by atoms with Gasteiger partial charge in [0.2, 0.25) is 0 Å². The summed E-state index contributed by atoms with van der Waals surface area (Å²) in [4.78, 5) is 0. The Bertz CT molecular complexity index is 395. The van der Waals surface area contributed by atoms with E-state index in [4.69, 9.17) is 4.74 Å². The molecule has 94 valence electrons. The van der Waals surface area contributed by atoms with Crippen LogP contribution in [0.2, 0.25) is 0 Å². The molecule has 1 aliphatic rings. The molecule has 0 saturated carbocycles. The van der Waals surface area contributed by atoms with E-state index in [-0.39, 0.29) is 12.0 Å². The first-order chi connectivity index (χ1) is 8.01. The molecular formula is C12H18N2O3. The smallest absolute Gasteiger partial charge is 0.152 e. The lowest BCUT2D eigenvalue weighted by molar-refractivity contribution is 0.162. The van der Waals surface area contributed by atoms with E-state index >= 15 is 0 Å². The average Bonchev–Trinajstić information content (AvgIpc) is 2.68. The number of aliphatic hydroxyl groups excluding tert-OH is 1. The number of ether oxygens (including phenoxy) is 1. The minimum absolute atomic E-state index is 0.0123. The number of nitrogens with one attached hydrogen (secondary N) is 1. The summed E-state index contributed by atoms with van der Waals surface area (Å²) in [5, 5.41) is 21.8. The Morgan fingerprint density at radius 3 is 2.59 bits per heavy atom. The second kappa shape index (κ2) is 4.27. The lowest BCUT2D eigenvalue weighted by Crippen LogP contribution is -2.49. The number of hydrogen-bond donors (Lipinski definition) is 2. The van der Waals surface area contributed by atoms with Crippen LogP contribution < -0.4 is 14.9 Å². The minimum atomic E-state index is -0.596. The summed E-state index contributed by atoms with van der Waals surface area (Å²) in [6.07, 6.45) is 0. The molecule has 0 radical (unpaired) electrons. The highest BCUT2D eigenvalue weighted by molar-refractivity contribution is 5.46. The van der Waals surface area contributed by atoms with Crippen molar-refractivity contribution in [1.82, 2.24) is 10.2 Å². The molecule has 0 amide bonds. The number of aliphatic hydroxyl groups is 1. The first-order valence-electron chi connectivity index (χ1n) is 5.61. The maximum Gasteiger partial charge on any atom is 0.152 e. The maximum atomic E-state index is 12.6. The Morgan fingerprint density at radius 1 is 1.47 bits per heavy atom. The fourth-order valence-electron chi connectivity index (χ4n) is 2.08. The van der Waals surface area contributed by atoms with Crippen LogP contribution in [0.1, 0.15) is 6.92 Å². The van der Waals surface area contributed by atoms with Gasteiger partial charge in [0, 0.05) is 12.1 Å². The highest BCUT2D eigenvalue weighted by Gasteiger charge is 2.42. The van der Waals surface area contributed by atoms with Gasteiger partial charge in [-0.25, -0.2) is 4.76 Å². The molecule has 0 aromatic heterocycles. The van der Waals surface area contributed by atoms with E-state index in [1.165, 1.54) is 0 Å². The number of quaternary nitrogens is 1. The zero-order chi connectivity index (χ0) is 12.5. The third-order valence-electron chi connectivity index (χ3n) is 3.24. The van der Waals surface area contributed by atoms with Crippen molar-refractivity contribution in [3.8, 4) is 5.75 Å². The highest BCUT2D eigenvalue weighted by Crippen LogP contribution is 2.32. The monoisotopic (exact) mass is 238 g/mol. The van der Waals surface area contributed by atoms with Crippen molar-refractivity contribution in [3.05, 3.63) is 29.5 Å². The summed E-state index contributed by atoms with van der Waals surface area (Å²) in [6, 6.07) is 7.04. The largest absolute Gasteiger partial charge is 0.606 e. The van der Waals surface area contributed by atoms with Gasteiger partial charge in [-0.15, -0.1) is 0 Å². The van der Waals surface area contributed by atoms with E-state index in [9.17, 15) is 10.3 Å². The Labute approximate surface area is 101 Å². The molecule has 2 rings (SSSR count). The Morgan fingerprint density at radius 2 is 2.12 bits per heavy atom. The van der Waals surface area contributed by atoms with Crippen LogP contribution in [0, 0.1) is 10.6 Å². The number of methoxy groups -OCH3 is 1. The van der Waals surface area contributed by atoms with E-state index in [1.54, 1.807) is 31.4 Å². The summed E-state index contributed by atoms with van der Waals surface area (Å²) < 4.78 is 4.46. The molecule has 0 bridgehead atoms. The summed E-state index contributed by atoms with van der Waals surface area (Å²) >= 11 is 0. The number of hydroxylamine groups is 1. The third kappa shape index (κ3) is 2.28. The molecule has 1 fully saturated rings. The molecule has 1 heterocycles. The van der Waals surface area contributed by atoms with E-state index in [0.29, 0.717) is 18.8 Å². The van der Waals surface area contributed by atoms with Crippen LogP contribution in [-0.2, 0) is 0 Å². The van der Waals surface area contributed by atoms with Gasteiger partial charge in [-0.3, -0.25) is 0 Å². The molecule has 1 aliphatic heterocycles. The number of hydrogen-bond acceptors (Lipinski definition) is 4. The van der Waals surface area contributed by atoms with Crippen molar-refractivity contribution in [3.63, 3.8) is 0 Å². The molecule has 0 aliphatic carbocycles. The lowest BCUT2D eigenvalue weighted by atomic mass is 9.93. The van der Waals surface area contributed by atoms with E-state index in [0.717, 1.165) is 5.75 Å². The van der Waals surface area contributed by atoms with E-state index in [2.05, 4.69) is 5.43 Å². The normalized spacial score (nSPS) is 32.7. The van der Waals surface area contributed by atoms with Crippen LogP contribution >= 0.6 is 0 Å². The van der Waals surface area contributed by atoms with Crippen LogP contribution in [-0.4, -0.2) is 31.9 Å². The molecule has 0 spiro atoms. The third-order valence-corrected chi connectivity index (χ3v) is 3.24. The standard InChI is InChI=1S/C12H18N2O3/c1-12(9-15)7-13-14(16,8-12)10-3-5-11(17-2)6-4-10/h3-6,13,15H,7-9H2,1-2H3. The fraction of sp³-hybridized carbons (Fsp3) is 0.500. The number of benzene rings is 1. The second-order valence-corrected chi connectivity index (χ2v) is 4.90. The first kappa shape index (κ1) is 12.3. The fourth-order valence-corrected chi connectivity index (χ4v) is 2.08. The summed E-state index contributed by atoms with van der Waals surface area (Å²) in [7, 11) is 1.59. The van der Waals surface area contributed by atoms with Crippen LogP contribution in [0.4, 0.5) is 5.69 Å². The topological polar surface area (TPSA) is 64.5 Å². The van der Waals surface area contributed by atoms with Crippen molar-refractivity contribution in [1.29, 1.82) is 0 Å². The lowest BCUT2D eigenvalue weighted by Gasteiger charge is -2.37. The quantitative estimate of drug-likeness (QED) is 0.609. The van der Waals surface area contributed by atoms with Gasteiger partial charge in [0.1, 0.15) is 12.3 Å². The van der Waals surface area contributed by atoms with Gasteiger partial charge in [0.15, 0.2) is 5.69 Å². The Hall–Kier alpha value is -1.14. The van der Waals surface area contributed by atoms with Crippen LogP contribution in [0.5, 0.6) is 5.75 Å². The predicted octanol–water partition coefficient (Wildman–Crippen LogP) is 1.02. The first-order valence-corrected chi connectivity index (χ1v) is 5.61. The van der Waals surface area contributed by atoms with Gasteiger partial charge in [0.05, 0.1) is 25.7 Å². The number of rotatable bonds is 3. The van der Waals surface area contributed by atoms with Crippen molar-refractivity contribution >= 4 is 5.69 Å². The van der Waals surface area contributed by atoms with Gasteiger partial charge < -0.3 is 15.1 Å². The Kier molecular flexibility index (Phi) is 3.09. The summed E-state index contributed by atoms with van der Waals surface area (Å²) in [5.74, 6) is 0.726. The van der Waals surface area contributed by atoms with Gasteiger partial charge in [0.25, 0.3) is 0 Å². The summed E-state index contributed by atoms with van der Waals surface area (Å²) in [6.45, 7) is 2.76. The van der Waals surface area contributed by atoms with Crippen molar-refractivity contribution < 1.29 is 9.84 Å². The average molecular weight is 238 g/mol. The maximum absolute atomic E-state index is 12.6. The highest BCUT2D eigenvalue weighted by atomic mass is 16.6. The second-order valence-electron chi connectivity index (χ2n) is 4.90. The van der Waals surface area contributed by atoms with Gasteiger partial charge in [-0.1, -0.05) is 6.92 Å². The van der Waals surface area contributed by atoms with Gasteiger partial charge >= 0.3 is 0 Å². The molecule has 2 N–H and O–H groups in total. The molecular weight excluding hydrogens is 220 g/mol. The van der Waals surface area contributed by atoms with Crippen LogP contribution in [0.3, 0.4) is 0 Å². The van der Waals surface area contributed by atoms with Gasteiger partial charge in [-0.2, -0.15) is 5.43 Å². The SMILES string of the molecule is COc1ccc([N+]2([O-])CC(C)(CO)CN2)cc1. The molecule has 2 atom stereocenters. The Balaban J connectivity index is 2.21. The molecule has 2 unspecified atom stereocenters. The molecule has 5 heteroatoms. The molecule has 1 aromatic rings. The van der Waals surface area contributed by atoms with Crippen LogP contribution in [0.25, 0.3) is 0 Å². The van der Waals surface area contributed by atoms with Gasteiger partial charge in [-0.05, 0) is 12.1 Å². The van der Waals surface area contributed by atoms with E-state index in [1.807, 2.05) is 6.92 Å². The summed E-state index contributed by atoms with van der Waals surface area (Å²) in [5.41, 5.74) is 3.18. The van der Waals surface area contributed by atoms with E-state index < -0.39 is 4.76 Å². The molecule has 1 aromatic carbocycles. The minimum Gasteiger partial charge on any atom is -0.606 e. The van der Waals surface area contributed by atoms with Crippen molar-refractivity contribution in [2.24, 2.45) is 5.41 Å². The molecule has 5 nitrogen and oxygen atoms in total. The predicted molar refractivity (Wildman–Crippen MR) is 66.2 cm³/mol. The molecule has 1 saturated heterocycles. The zero-order valence-electron chi connectivity index (χ0n) is 10.1. The van der Waals surface area contributed by atoms with Crippen LogP contribution in [0.15, 0.2) is 24.3 Å². The zero-order valence-corrected chi connectivity index (χ0v) is 10.1. The number of nitrogens with zero attached hydrogens (tertiary/aromatic N) is 1. The molecule has 17 heavy (non-hydrogen) atoms.